The van der Waals surface area contributed by atoms with E-state index in [0.717, 1.165) is 19.3 Å². The summed E-state index contributed by atoms with van der Waals surface area (Å²) < 4.78 is 10.3. The molecular formula is C18H26O5. The quantitative estimate of drug-likeness (QED) is 0.423. The predicted octanol–water partition coefficient (Wildman–Crippen LogP) is 3.94. The predicted molar refractivity (Wildman–Crippen MR) is 89.9 cm³/mol. The van der Waals surface area contributed by atoms with E-state index in [2.05, 4.69) is 13.5 Å². The molecule has 1 aromatic carbocycles. The van der Waals surface area contributed by atoms with Crippen LogP contribution < -0.4 is 0 Å². The van der Waals surface area contributed by atoms with Crippen molar-refractivity contribution >= 4 is 11.9 Å². The molecule has 1 N–H and O–H groups in total. The number of carbonyl (C=O) groups is 2. The fraction of sp³-hybridized carbons (Fsp3) is 0.444. The Morgan fingerprint density at radius 2 is 1.74 bits per heavy atom. The second kappa shape index (κ2) is 13.5. The van der Waals surface area contributed by atoms with E-state index >= 15 is 0 Å². The molecule has 0 unspecified atom stereocenters. The van der Waals surface area contributed by atoms with Crippen molar-refractivity contribution in [2.45, 2.75) is 33.1 Å². The van der Waals surface area contributed by atoms with Crippen molar-refractivity contribution in [1.29, 1.82) is 0 Å². The number of hydrogen-bond donors (Lipinski definition) is 1. The van der Waals surface area contributed by atoms with Crippen LogP contribution in [0.3, 0.4) is 0 Å². The summed E-state index contributed by atoms with van der Waals surface area (Å²) in [6, 6.07) is 5.98. The normalized spacial score (nSPS) is 9.48. The van der Waals surface area contributed by atoms with Crippen LogP contribution in [0.15, 0.2) is 36.9 Å². The summed E-state index contributed by atoms with van der Waals surface area (Å²) in [6.07, 6.45) is 4.99. The molecule has 0 heterocycles. The van der Waals surface area contributed by atoms with Gasteiger partial charge in [-0.3, -0.25) is 0 Å². The van der Waals surface area contributed by atoms with Gasteiger partial charge in [-0.25, -0.2) is 9.59 Å². The van der Waals surface area contributed by atoms with Crippen LogP contribution >= 0.6 is 0 Å². The van der Waals surface area contributed by atoms with Gasteiger partial charge in [-0.1, -0.05) is 38.0 Å². The van der Waals surface area contributed by atoms with Crippen LogP contribution in [0.1, 0.15) is 53.8 Å². The summed E-state index contributed by atoms with van der Waals surface area (Å²) in [4.78, 5) is 22.7. The van der Waals surface area contributed by atoms with E-state index in [9.17, 15) is 9.59 Å². The van der Waals surface area contributed by atoms with E-state index < -0.39 is 11.9 Å². The first-order valence-corrected chi connectivity index (χ1v) is 7.72. The van der Waals surface area contributed by atoms with E-state index in [0.29, 0.717) is 13.2 Å². The van der Waals surface area contributed by atoms with Crippen LogP contribution in [0.25, 0.3) is 0 Å². The molecule has 0 aliphatic rings. The molecule has 0 aliphatic carbocycles. The summed E-state index contributed by atoms with van der Waals surface area (Å²) in [7, 11) is 0. The third-order valence-corrected chi connectivity index (χ3v) is 2.73. The molecule has 0 saturated heterocycles. The van der Waals surface area contributed by atoms with Crippen molar-refractivity contribution in [2.75, 3.05) is 19.8 Å². The highest BCUT2D eigenvalue weighted by Gasteiger charge is 2.16. The second-order valence-corrected chi connectivity index (χ2v) is 4.71. The summed E-state index contributed by atoms with van der Waals surface area (Å²) in [6.45, 7) is 8.46. The van der Waals surface area contributed by atoms with Crippen LogP contribution in [-0.4, -0.2) is 36.9 Å². The van der Waals surface area contributed by atoms with Gasteiger partial charge in [-0.2, -0.15) is 0 Å². The lowest BCUT2D eigenvalue weighted by molar-refractivity contribution is 0.0308. The zero-order chi connectivity index (χ0) is 17.5. The number of carboxylic acid groups (broad SMARTS) is 1. The van der Waals surface area contributed by atoms with Crippen molar-refractivity contribution in [3.05, 3.63) is 48.0 Å². The monoisotopic (exact) mass is 322 g/mol. The fourth-order valence-electron chi connectivity index (χ4n) is 1.67. The van der Waals surface area contributed by atoms with E-state index in [1.54, 1.807) is 18.2 Å². The van der Waals surface area contributed by atoms with Crippen molar-refractivity contribution in [3.63, 3.8) is 0 Å². The van der Waals surface area contributed by atoms with Crippen molar-refractivity contribution < 1.29 is 24.2 Å². The highest BCUT2D eigenvalue weighted by Crippen LogP contribution is 2.10. The van der Waals surface area contributed by atoms with Crippen LogP contribution in [0.4, 0.5) is 0 Å². The van der Waals surface area contributed by atoms with Crippen molar-refractivity contribution in [1.82, 2.24) is 0 Å². The third kappa shape index (κ3) is 9.47. The summed E-state index contributed by atoms with van der Waals surface area (Å²) >= 11 is 0. The Bertz CT molecular complexity index is 482. The van der Waals surface area contributed by atoms with Crippen molar-refractivity contribution in [2.24, 2.45) is 0 Å². The van der Waals surface area contributed by atoms with E-state index in [-0.39, 0.29) is 17.7 Å². The molecule has 0 spiro atoms. The number of unbranched alkanes of at least 4 members (excludes halogenated alkanes) is 2. The van der Waals surface area contributed by atoms with Crippen LogP contribution in [0.2, 0.25) is 0 Å². The Hall–Kier alpha value is -2.14. The molecule has 128 valence electrons. The summed E-state index contributed by atoms with van der Waals surface area (Å²) in [5, 5.41) is 8.97. The Kier molecular flexibility index (Phi) is 12.3. The average Bonchev–Trinajstić information content (AvgIpc) is 2.54. The maximum Gasteiger partial charge on any atom is 0.339 e. The van der Waals surface area contributed by atoms with Crippen LogP contribution in [-0.2, 0) is 9.47 Å². The molecule has 0 atom stereocenters. The zero-order valence-electron chi connectivity index (χ0n) is 13.9. The number of rotatable bonds is 9. The van der Waals surface area contributed by atoms with E-state index in [1.807, 2.05) is 6.92 Å². The van der Waals surface area contributed by atoms with Gasteiger partial charge < -0.3 is 14.6 Å². The number of benzene rings is 1. The van der Waals surface area contributed by atoms with Gasteiger partial charge in [0.1, 0.15) is 6.61 Å². The minimum atomic E-state index is -1.15. The fourth-order valence-corrected chi connectivity index (χ4v) is 1.67. The average molecular weight is 322 g/mol. The lowest BCUT2D eigenvalue weighted by atomic mass is 10.1. The molecule has 0 fully saturated rings. The molecule has 23 heavy (non-hydrogen) atoms. The molecule has 5 heteroatoms. The lowest BCUT2D eigenvalue weighted by Gasteiger charge is -2.07. The first-order chi connectivity index (χ1) is 11.1. The topological polar surface area (TPSA) is 72.8 Å². The van der Waals surface area contributed by atoms with Gasteiger partial charge in [0, 0.05) is 6.61 Å². The molecule has 0 aromatic heterocycles. The number of aromatic carboxylic acids is 1. The highest BCUT2D eigenvalue weighted by molar-refractivity contribution is 6.02. The zero-order valence-corrected chi connectivity index (χ0v) is 13.9. The van der Waals surface area contributed by atoms with Gasteiger partial charge in [0.05, 0.1) is 17.7 Å². The maximum absolute atomic E-state index is 11.8. The lowest BCUT2D eigenvalue weighted by Crippen LogP contribution is -2.14. The minimum Gasteiger partial charge on any atom is -0.478 e. The Morgan fingerprint density at radius 3 is 2.30 bits per heavy atom. The molecule has 0 bridgehead atoms. The Balaban J connectivity index is 0.00000149. The highest BCUT2D eigenvalue weighted by atomic mass is 16.6. The van der Waals surface area contributed by atoms with Gasteiger partial charge in [0.25, 0.3) is 0 Å². The molecular weight excluding hydrogens is 296 g/mol. The molecule has 0 amide bonds. The van der Waals surface area contributed by atoms with E-state index in [4.69, 9.17) is 14.6 Å². The summed E-state index contributed by atoms with van der Waals surface area (Å²) in [5.41, 5.74) is 0.00680. The van der Waals surface area contributed by atoms with E-state index in [1.165, 1.54) is 12.1 Å². The SMILES string of the molecule is C=CC.CCCCCOCCOC(=O)c1ccccc1C(=O)O. The standard InChI is InChI=1S/C15H20O5.C3H6/c1-2-3-6-9-19-10-11-20-15(18)13-8-5-4-7-12(13)14(16)17;1-3-2/h4-5,7-8H,2-3,6,9-11H2,1H3,(H,16,17);3H,1H2,2H3. The van der Waals surface area contributed by atoms with Crippen LogP contribution in [0, 0.1) is 0 Å². The van der Waals surface area contributed by atoms with Gasteiger partial charge in [0.2, 0.25) is 0 Å². The Labute approximate surface area is 137 Å². The second-order valence-electron chi connectivity index (χ2n) is 4.71. The van der Waals surface area contributed by atoms with Crippen LogP contribution in [0.5, 0.6) is 0 Å². The summed E-state index contributed by atoms with van der Waals surface area (Å²) in [5.74, 6) is -1.78. The Morgan fingerprint density at radius 1 is 1.13 bits per heavy atom. The molecule has 0 saturated carbocycles. The maximum atomic E-state index is 11.8. The van der Waals surface area contributed by atoms with Gasteiger partial charge in [-0.15, -0.1) is 6.58 Å². The number of carboxylic acids is 1. The number of carbonyl (C=O) groups excluding carboxylic acids is 1. The van der Waals surface area contributed by atoms with Crippen molar-refractivity contribution in [3.8, 4) is 0 Å². The minimum absolute atomic E-state index is 0.0543. The number of allylic oxidation sites excluding steroid dienone is 1. The third-order valence-electron chi connectivity index (χ3n) is 2.73. The van der Waals surface area contributed by atoms with Gasteiger partial charge >= 0.3 is 11.9 Å². The molecule has 1 aromatic rings. The molecule has 5 nitrogen and oxygen atoms in total. The smallest absolute Gasteiger partial charge is 0.339 e. The largest absolute Gasteiger partial charge is 0.478 e. The molecule has 1 rings (SSSR count). The first kappa shape index (κ1) is 20.9. The number of ether oxygens (including phenoxy) is 2. The number of esters is 1. The molecule has 0 aliphatic heterocycles. The molecule has 0 radical (unpaired) electrons. The first-order valence-electron chi connectivity index (χ1n) is 7.72. The number of hydrogen-bond acceptors (Lipinski definition) is 4. The van der Waals surface area contributed by atoms with Gasteiger partial charge in [0.15, 0.2) is 0 Å². The van der Waals surface area contributed by atoms with Gasteiger partial charge in [-0.05, 0) is 25.5 Å².